The molecule has 1 fully saturated rings. The third-order valence-corrected chi connectivity index (χ3v) is 7.11. The molecule has 2 aromatic rings. The Bertz CT molecular complexity index is 1070. The Morgan fingerprint density at radius 1 is 1.06 bits per heavy atom. The summed E-state index contributed by atoms with van der Waals surface area (Å²) in [7, 11) is -2.79. The minimum Gasteiger partial charge on any atom is -0.495 e. The van der Waals surface area contributed by atoms with Gasteiger partial charge in [-0.05, 0) is 43.0 Å². The van der Waals surface area contributed by atoms with Gasteiger partial charge in [-0.15, -0.1) is 0 Å². The molecular weight excluding hydrogens is 442 g/mol. The maximum atomic E-state index is 13.4. The van der Waals surface area contributed by atoms with Gasteiger partial charge in [0.25, 0.3) is 0 Å². The van der Waals surface area contributed by atoms with Crippen molar-refractivity contribution in [3.63, 3.8) is 0 Å². The van der Waals surface area contributed by atoms with Crippen LogP contribution in [0.3, 0.4) is 0 Å². The van der Waals surface area contributed by atoms with Crippen molar-refractivity contribution in [2.24, 2.45) is 0 Å². The Kier molecular flexibility index (Phi) is 8.46. The van der Waals surface area contributed by atoms with Crippen LogP contribution in [-0.4, -0.2) is 39.4 Å². The van der Waals surface area contributed by atoms with Gasteiger partial charge < -0.3 is 15.4 Å². The van der Waals surface area contributed by atoms with Crippen LogP contribution in [-0.2, 0) is 26.0 Å². The fourth-order valence-corrected chi connectivity index (χ4v) is 5.40. The highest BCUT2D eigenvalue weighted by molar-refractivity contribution is 7.89. The molecule has 1 unspecified atom stereocenters. The maximum absolute atomic E-state index is 13.4. The van der Waals surface area contributed by atoms with Crippen LogP contribution in [0, 0.1) is 0 Å². The Labute approximate surface area is 195 Å². The van der Waals surface area contributed by atoms with Gasteiger partial charge in [0, 0.05) is 18.7 Å². The number of carbonyl (C=O) groups is 2. The molecule has 178 valence electrons. The molecule has 2 aromatic carbocycles. The average molecular weight is 474 g/mol. The van der Waals surface area contributed by atoms with Crippen LogP contribution >= 0.6 is 0 Å². The fraction of sp³-hybridized carbons (Fsp3) is 0.417. The van der Waals surface area contributed by atoms with Crippen molar-refractivity contribution in [3.05, 3.63) is 54.1 Å². The summed E-state index contributed by atoms with van der Waals surface area (Å²) in [4.78, 5) is 24.4. The van der Waals surface area contributed by atoms with Crippen LogP contribution in [0.2, 0.25) is 0 Å². The van der Waals surface area contributed by atoms with E-state index in [0.717, 1.165) is 37.7 Å². The first-order chi connectivity index (χ1) is 15.8. The number of hydrogen-bond acceptors (Lipinski definition) is 5. The van der Waals surface area contributed by atoms with E-state index in [2.05, 4.69) is 15.4 Å². The standard InChI is InChI=1S/C24H31N3O5S/c1-17(28)25-20-13-14-22(32-2)23(16-20)33(30,31)27-21(15-18-9-5-3-6-10-18)24(29)26-19-11-7-4-8-12-19/h3,5-6,9-10,13-14,16,19,21,27H,4,7-8,11-12,15H2,1-2H3,(H,25,28)(H,26,29). The van der Waals surface area contributed by atoms with Crippen LogP contribution < -0.4 is 20.1 Å². The van der Waals surface area contributed by atoms with E-state index < -0.39 is 16.1 Å². The van der Waals surface area contributed by atoms with Crippen molar-refractivity contribution in [3.8, 4) is 5.75 Å². The molecule has 0 bridgehead atoms. The first kappa shape index (κ1) is 24.7. The second-order valence-electron chi connectivity index (χ2n) is 8.25. The minimum atomic E-state index is -4.15. The number of amides is 2. The smallest absolute Gasteiger partial charge is 0.245 e. The molecule has 0 aliphatic heterocycles. The molecule has 2 amide bonds. The molecule has 1 atom stereocenters. The molecule has 8 nitrogen and oxygen atoms in total. The summed E-state index contributed by atoms with van der Waals surface area (Å²) in [5.74, 6) is -0.570. The molecule has 3 N–H and O–H groups in total. The zero-order valence-electron chi connectivity index (χ0n) is 19.0. The molecule has 0 aromatic heterocycles. The largest absolute Gasteiger partial charge is 0.495 e. The van der Waals surface area contributed by atoms with Crippen LogP contribution in [0.4, 0.5) is 5.69 Å². The topological polar surface area (TPSA) is 114 Å². The summed E-state index contributed by atoms with van der Waals surface area (Å²) in [5, 5.41) is 5.60. The number of nitrogens with one attached hydrogen (secondary N) is 3. The second-order valence-corrected chi connectivity index (χ2v) is 9.94. The summed E-state index contributed by atoms with van der Waals surface area (Å²) in [5.41, 5.74) is 1.15. The highest BCUT2D eigenvalue weighted by Crippen LogP contribution is 2.27. The van der Waals surface area contributed by atoms with Crippen molar-refractivity contribution >= 4 is 27.5 Å². The summed E-state index contributed by atoms with van der Waals surface area (Å²) < 4.78 is 34.5. The summed E-state index contributed by atoms with van der Waals surface area (Å²) in [6.45, 7) is 1.34. The quantitative estimate of drug-likeness (QED) is 0.518. The van der Waals surface area contributed by atoms with E-state index in [4.69, 9.17) is 4.74 Å². The lowest BCUT2D eigenvalue weighted by atomic mass is 9.95. The van der Waals surface area contributed by atoms with Crippen LogP contribution in [0.15, 0.2) is 53.4 Å². The Hall–Kier alpha value is -2.91. The van der Waals surface area contributed by atoms with Gasteiger partial charge in [-0.2, -0.15) is 4.72 Å². The van der Waals surface area contributed by atoms with E-state index in [0.29, 0.717) is 5.69 Å². The summed E-state index contributed by atoms with van der Waals surface area (Å²) >= 11 is 0. The summed E-state index contributed by atoms with van der Waals surface area (Å²) in [6, 6.07) is 12.6. The molecule has 0 radical (unpaired) electrons. The third kappa shape index (κ3) is 7.03. The van der Waals surface area contributed by atoms with E-state index in [9.17, 15) is 18.0 Å². The van der Waals surface area contributed by atoms with Crippen molar-refractivity contribution in [1.29, 1.82) is 0 Å². The van der Waals surface area contributed by atoms with E-state index in [1.807, 2.05) is 30.3 Å². The molecule has 1 aliphatic rings. The number of hydrogen-bond donors (Lipinski definition) is 3. The predicted octanol–water partition coefficient (Wildman–Crippen LogP) is 2.99. The zero-order chi connectivity index (χ0) is 23.8. The number of anilines is 1. The van der Waals surface area contributed by atoms with E-state index in [1.165, 1.54) is 26.2 Å². The number of methoxy groups -OCH3 is 1. The van der Waals surface area contributed by atoms with Crippen LogP contribution in [0.25, 0.3) is 0 Å². The van der Waals surface area contributed by atoms with E-state index >= 15 is 0 Å². The van der Waals surface area contributed by atoms with Gasteiger partial charge in [0.15, 0.2) is 0 Å². The predicted molar refractivity (Wildman–Crippen MR) is 127 cm³/mol. The molecular formula is C24H31N3O5S. The third-order valence-electron chi connectivity index (χ3n) is 5.62. The van der Waals surface area contributed by atoms with Crippen molar-refractivity contribution in [2.45, 2.75) is 62.4 Å². The Balaban J connectivity index is 1.88. The van der Waals surface area contributed by atoms with Gasteiger partial charge >= 0.3 is 0 Å². The molecule has 1 saturated carbocycles. The lowest BCUT2D eigenvalue weighted by molar-refractivity contribution is -0.123. The van der Waals surface area contributed by atoms with Gasteiger partial charge in [0.2, 0.25) is 21.8 Å². The molecule has 3 rings (SSSR count). The van der Waals surface area contributed by atoms with E-state index in [-0.39, 0.29) is 34.9 Å². The first-order valence-electron chi connectivity index (χ1n) is 11.1. The fourth-order valence-electron chi connectivity index (χ4n) is 4.00. The summed E-state index contributed by atoms with van der Waals surface area (Å²) in [6.07, 6.45) is 5.23. The number of sulfonamides is 1. The first-order valence-corrected chi connectivity index (χ1v) is 12.6. The lowest BCUT2D eigenvalue weighted by Gasteiger charge is -2.26. The molecule has 0 heterocycles. The van der Waals surface area contributed by atoms with Gasteiger partial charge in [0.05, 0.1) is 7.11 Å². The number of rotatable bonds is 9. The van der Waals surface area contributed by atoms with Gasteiger partial charge in [0.1, 0.15) is 16.7 Å². The normalized spacial score (nSPS) is 15.5. The van der Waals surface area contributed by atoms with Crippen molar-refractivity contribution in [1.82, 2.24) is 10.0 Å². The van der Waals surface area contributed by atoms with E-state index in [1.54, 1.807) is 6.07 Å². The number of benzene rings is 2. The van der Waals surface area contributed by atoms with Crippen molar-refractivity contribution in [2.75, 3.05) is 12.4 Å². The molecule has 33 heavy (non-hydrogen) atoms. The Morgan fingerprint density at radius 2 is 1.76 bits per heavy atom. The highest BCUT2D eigenvalue weighted by Gasteiger charge is 2.30. The number of carbonyl (C=O) groups excluding carboxylic acids is 2. The SMILES string of the molecule is COc1ccc(NC(C)=O)cc1S(=O)(=O)NC(Cc1ccccc1)C(=O)NC1CCCCC1. The average Bonchev–Trinajstić information content (AvgIpc) is 2.79. The maximum Gasteiger partial charge on any atom is 0.245 e. The number of ether oxygens (including phenoxy) is 1. The van der Waals surface area contributed by atoms with Gasteiger partial charge in [-0.1, -0.05) is 49.6 Å². The minimum absolute atomic E-state index is 0.0478. The lowest BCUT2D eigenvalue weighted by Crippen LogP contribution is -2.51. The Morgan fingerprint density at radius 3 is 2.39 bits per heavy atom. The van der Waals surface area contributed by atoms with Crippen molar-refractivity contribution < 1.29 is 22.7 Å². The molecule has 9 heteroatoms. The monoisotopic (exact) mass is 473 g/mol. The van der Waals surface area contributed by atoms with Gasteiger partial charge in [-0.3, -0.25) is 9.59 Å². The molecule has 0 saturated heterocycles. The van der Waals surface area contributed by atoms with Crippen LogP contribution in [0.1, 0.15) is 44.6 Å². The second kappa shape index (κ2) is 11.3. The highest BCUT2D eigenvalue weighted by atomic mass is 32.2. The van der Waals surface area contributed by atoms with Crippen LogP contribution in [0.5, 0.6) is 5.75 Å². The zero-order valence-corrected chi connectivity index (χ0v) is 19.8. The molecule has 0 spiro atoms. The van der Waals surface area contributed by atoms with Gasteiger partial charge in [-0.25, -0.2) is 8.42 Å². The molecule has 1 aliphatic carbocycles.